The van der Waals surface area contributed by atoms with Gasteiger partial charge in [0.15, 0.2) is 11.4 Å². The summed E-state index contributed by atoms with van der Waals surface area (Å²) in [5, 5.41) is 18.6. The zero-order valence-electron chi connectivity index (χ0n) is 26.3. The number of aromatic nitrogens is 7. The van der Waals surface area contributed by atoms with Crippen LogP contribution in [0.2, 0.25) is 0 Å². The van der Waals surface area contributed by atoms with Crippen molar-refractivity contribution in [3.8, 4) is 17.4 Å². The van der Waals surface area contributed by atoms with Crippen LogP contribution in [0.4, 0.5) is 4.79 Å². The Morgan fingerprint density at radius 3 is 2.61 bits per heavy atom. The van der Waals surface area contributed by atoms with Crippen LogP contribution in [0.25, 0.3) is 17.4 Å². The van der Waals surface area contributed by atoms with Gasteiger partial charge >= 0.3 is 6.09 Å². The van der Waals surface area contributed by atoms with E-state index >= 15 is 0 Å². The molecule has 5 heterocycles. The van der Waals surface area contributed by atoms with Crippen LogP contribution in [-0.2, 0) is 16.8 Å². The number of benzene rings is 1. The number of nitrogens with zero attached hydrogens (tertiary/aromatic N) is 8. The van der Waals surface area contributed by atoms with Gasteiger partial charge in [-0.3, -0.25) is 4.79 Å². The minimum Gasteiger partial charge on any atom is -0.433 e. The number of rotatable bonds is 8. The topological polar surface area (TPSA) is 154 Å². The molecule has 1 saturated heterocycles. The number of pyridine rings is 1. The standard InChI is InChI=1S/C32H35N9O4S/c1-20-17-46-27(35-20)24-12-9-13-40(24)28(42)22-14-23(36-25(15-22)41-19-33-18-34-41)26-38-39-29(44-26)32(5,16-21-10-7-6-8-11-21)45-30(43)37-31(2,3)4/h6-8,10-11,14-15,17-19,24H,9,12-13,16H2,1-5H3,(H,37,43)/t24-,32-/m1/s1. The molecular formula is C32H35N9O4S. The molecule has 2 amide bonds. The SMILES string of the molecule is Cc1csc([C@H]2CCCN2C(=O)c2cc(-c3nnc([C@@](C)(Cc4ccccc4)OC(=O)NC(C)(C)C)o3)nc(-n3cncn3)c2)n1. The van der Waals surface area contributed by atoms with E-state index in [0.29, 0.717) is 17.9 Å². The molecule has 5 aromatic rings. The number of likely N-dealkylation sites (tertiary alicyclic amines) is 1. The molecule has 1 fully saturated rings. The summed E-state index contributed by atoms with van der Waals surface area (Å²) in [6.07, 6.45) is 4.24. The number of nitrogens with one attached hydrogen (secondary N) is 1. The van der Waals surface area contributed by atoms with Crippen molar-refractivity contribution in [2.45, 2.75) is 71.1 Å². The van der Waals surface area contributed by atoms with Gasteiger partial charge in [-0.05, 0) is 65.2 Å². The molecule has 0 radical (unpaired) electrons. The Labute approximate surface area is 270 Å². The average molecular weight is 642 g/mol. The van der Waals surface area contributed by atoms with E-state index in [1.807, 2.05) is 68.3 Å². The van der Waals surface area contributed by atoms with Crippen molar-refractivity contribution >= 4 is 23.3 Å². The predicted molar refractivity (Wildman–Crippen MR) is 169 cm³/mol. The number of ether oxygens (including phenoxy) is 1. The van der Waals surface area contributed by atoms with E-state index in [-0.39, 0.29) is 35.8 Å². The number of carbonyl (C=O) groups excluding carboxylic acids is 2. The lowest BCUT2D eigenvalue weighted by Crippen LogP contribution is -2.45. The van der Waals surface area contributed by atoms with Crippen molar-refractivity contribution in [3.05, 3.63) is 88.2 Å². The Hall–Kier alpha value is -4.98. The molecular weight excluding hydrogens is 606 g/mol. The fraction of sp³-hybridized carbons (Fsp3) is 0.375. The molecule has 238 valence electrons. The first-order valence-electron chi connectivity index (χ1n) is 15.0. The monoisotopic (exact) mass is 641 g/mol. The van der Waals surface area contributed by atoms with Crippen LogP contribution in [0.5, 0.6) is 0 Å². The van der Waals surface area contributed by atoms with E-state index < -0.39 is 17.2 Å². The second kappa shape index (κ2) is 12.4. The second-order valence-electron chi connectivity index (χ2n) is 12.5. The third kappa shape index (κ3) is 6.81. The molecule has 0 spiro atoms. The van der Waals surface area contributed by atoms with E-state index in [1.165, 1.54) is 17.3 Å². The lowest BCUT2D eigenvalue weighted by Gasteiger charge is -2.29. The lowest BCUT2D eigenvalue weighted by atomic mass is 9.96. The maximum atomic E-state index is 14.0. The van der Waals surface area contributed by atoms with Crippen LogP contribution in [0.3, 0.4) is 0 Å². The Bertz CT molecular complexity index is 1830. The van der Waals surface area contributed by atoms with Gasteiger partial charge < -0.3 is 19.4 Å². The second-order valence-corrected chi connectivity index (χ2v) is 13.4. The first kappa shape index (κ1) is 31.0. The van der Waals surface area contributed by atoms with Crippen molar-refractivity contribution in [2.75, 3.05) is 6.54 Å². The summed E-state index contributed by atoms with van der Waals surface area (Å²) in [5.41, 5.74) is 0.638. The Kier molecular flexibility index (Phi) is 8.38. The summed E-state index contributed by atoms with van der Waals surface area (Å²) < 4.78 is 13.6. The highest BCUT2D eigenvalue weighted by atomic mass is 32.1. The highest BCUT2D eigenvalue weighted by Crippen LogP contribution is 2.36. The molecule has 1 aliphatic heterocycles. The minimum absolute atomic E-state index is 0.0543. The zero-order chi connectivity index (χ0) is 32.5. The Morgan fingerprint density at radius 1 is 1.11 bits per heavy atom. The number of thiazole rings is 1. The minimum atomic E-state index is -1.32. The summed E-state index contributed by atoms with van der Waals surface area (Å²) in [5.74, 6) is 0.316. The molecule has 14 heteroatoms. The molecule has 0 saturated carbocycles. The summed E-state index contributed by atoms with van der Waals surface area (Å²) in [6, 6.07) is 12.8. The van der Waals surface area contributed by atoms with Crippen molar-refractivity contribution in [1.29, 1.82) is 0 Å². The van der Waals surface area contributed by atoms with Gasteiger partial charge in [-0.2, -0.15) is 5.10 Å². The highest BCUT2D eigenvalue weighted by molar-refractivity contribution is 7.09. The molecule has 13 nitrogen and oxygen atoms in total. The van der Waals surface area contributed by atoms with Gasteiger partial charge in [0.1, 0.15) is 23.4 Å². The first-order chi connectivity index (χ1) is 22.0. The van der Waals surface area contributed by atoms with Gasteiger partial charge in [-0.25, -0.2) is 24.4 Å². The number of carbonyl (C=O) groups is 2. The normalized spacial score (nSPS) is 16.3. The van der Waals surface area contributed by atoms with Gasteiger partial charge in [-0.1, -0.05) is 30.3 Å². The van der Waals surface area contributed by atoms with Crippen molar-refractivity contribution in [3.63, 3.8) is 0 Å². The molecule has 0 aliphatic carbocycles. The van der Waals surface area contributed by atoms with Gasteiger partial charge in [0.25, 0.3) is 17.7 Å². The van der Waals surface area contributed by atoms with Crippen molar-refractivity contribution < 1.29 is 18.7 Å². The molecule has 46 heavy (non-hydrogen) atoms. The quantitative estimate of drug-likeness (QED) is 0.232. The number of aryl methyl sites for hydroxylation is 1. The van der Waals surface area contributed by atoms with Gasteiger partial charge in [-0.15, -0.1) is 21.5 Å². The van der Waals surface area contributed by atoms with E-state index in [0.717, 1.165) is 29.1 Å². The number of hydrogen-bond donors (Lipinski definition) is 1. The summed E-state index contributed by atoms with van der Waals surface area (Å²) in [7, 11) is 0. The summed E-state index contributed by atoms with van der Waals surface area (Å²) in [6.45, 7) is 9.87. The maximum Gasteiger partial charge on any atom is 0.408 e. The number of amides is 2. The van der Waals surface area contributed by atoms with Crippen LogP contribution in [-0.4, -0.2) is 63.9 Å². The summed E-state index contributed by atoms with van der Waals surface area (Å²) in [4.78, 5) is 42.2. The molecule has 6 rings (SSSR count). The van der Waals surface area contributed by atoms with Crippen LogP contribution < -0.4 is 5.32 Å². The van der Waals surface area contributed by atoms with Crippen LogP contribution in [0.1, 0.15) is 79.1 Å². The maximum absolute atomic E-state index is 14.0. The number of hydrogen-bond acceptors (Lipinski definition) is 11. The molecule has 2 atom stereocenters. The van der Waals surface area contributed by atoms with E-state index in [1.54, 1.807) is 30.4 Å². The molecule has 1 aromatic carbocycles. The van der Waals surface area contributed by atoms with Crippen LogP contribution in [0.15, 0.2) is 64.9 Å². The van der Waals surface area contributed by atoms with Gasteiger partial charge in [0.05, 0.1) is 6.04 Å². The predicted octanol–water partition coefficient (Wildman–Crippen LogP) is 5.44. The smallest absolute Gasteiger partial charge is 0.408 e. The average Bonchev–Trinajstić information content (AvgIpc) is 3.83. The number of alkyl carbamates (subject to hydrolysis) is 1. The molecule has 4 aromatic heterocycles. The van der Waals surface area contributed by atoms with Crippen molar-refractivity contribution in [2.24, 2.45) is 0 Å². The molecule has 1 aliphatic rings. The molecule has 0 unspecified atom stereocenters. The van der Waals surface area contributed by atoms with Gasteiger partial charge in [0, 0.05) is 35.1 Å². The van der Waals surface area contributed by atoms with E-state index in [9.17, 15) is 9.59 Å². The zero-order valence-corrected chi connectivity index (χ0v) is 27.1. The Balaban J connectivity index is 1.36. The molecule has 0 bridgehead atoms. The lowest BCUT2D eigenvalue weighted by molar-refractivity contribution is -0.00123. The fourth-order valence-corrected chi connectivity index (χ4v) is 6.31. The first-order valence-corrected chi connectivity index (χ1v) is 15.8. The van der Waals surface area contributed by atoms with Crippen LogP contribution >= 0.6 is 11.3 Å². The fourth-order valence-electron chi connectivity index (χ4n) is 5.37. The third-order valence-electron chi connectivity index (χ3n) is 7.42. The summed E-state index contributed by atoms with van der Waals surface area (Å²) >= 11 is 1.56. The highest BCUT2D eigenvalue weighted by Gasteiger charge is 2.39. The van der Waals surface area contributed by atoms with E-state index in [4.69, 9.17) is 9.15 Å². The van der Waals surface area contributed by atoms with Crippen LogP contribution in [0, 0.1) is 6.92 Å². The largest absolute Gasteiger partial charge is 0.433 e. The van der Waals surface area contributed by atoms with Gasteiger partial charge in [0.2, 0.25) is 0 Å². The Morgan fingerprint density at radius 2 is 1.91 bits per heavy atom. The third-order valence-corrected chi connectivity index (χ3v) is 8.49. The van der Waals surface area contributed by atoms with E-state index in [2.05, 4.69) is 35.6 Å². The van der Waals surface area contributed by atoms with Crippen molar-refractivity contribution in [1.82, 2.24) is 45.1 Å². The molecule has 1 N–H and O–H groups in total.